The third kappa shape index (κ3) is 6.46. The van der Waals surface area contributed by atoms with Crippen LogP contribution in [0.25, 0.3) is 10.9 Å². The van der Waals surface area contributed by atoms with Crippen LogP contribution < -0.4 is 16.0 Å². The Labute approximate surface area is 155 Å². The number of anilines is 1. The summed E-state index contributed by atoms with van der Waals surface area (Å²) in [5.74, 6) is -1.66. The van der Waals surface area contributed by atoms with Crippen LogP contribution in [-0.4, -0.2) is 46.5 Å². The van der Waals surface area contributed by atoms with Crippen molar-refractivity contribution in [3.63, 3.8) is 0 Å². The van der Waals surface area contributed by atoms with Crippen molar-refractivity contribution in [2.45, 2.75) is 26.3 Å². The first-order valence-electron chi connectivity index (χ1n) is 8.47. The van der Waals surface area contributed by atoms with Gasteiger partial charge < -0.3 is 25.6 Å². The molecular weight excluding hydrogens is 352 g/mol. The van der Waals surface area contributed by atoms with Crippen molar-refractivity contribution < 1.29 is 24.3 Å². The standard InChI is InChI=1S/C18H22N4O5/c1-12(23)19-7-8-20-16(24)4-5-17(25)21-14-2-3-15-13(10-14)6-9-22(15)11-18(26)27/h2-3,6,9-10H,4-5,7-8,11H2,1H3,(H,19,23)(H,20,24)(H,21,25)(H,26,27). The first-order chi connectivity index (χ1) is 12.8. The van der Waals surface area contributed by atoms with E-state index >= 15 is 0 Å². The number of amides is 3. The summed E-state index contributed by atoms with van der Waals surface area (Å²) >= 11 is 0. The summed E-state index contributed by atoms with van der Waals surface area (Å²) in [6, 6.07) is 6.95. The highest BCUT2D eigenvalue weighted by Crippen LogP contribution is 2.20. The highest BCUT2D eigenvalue weighted by Gasteiger charge is 2.09. The van der Waals surface area contributed by atoms with Crippen molar-refractivity contribution in [2.75, 3.05) is 18.4 Å². The third-order valence-corrected chi connectivity index (χ3v) is 3.76. The summed E-state index contributed by atoms with van der Waals surface area (Å²) < 4.78 is 1.61. The maximum absolute atomic E-state index is 12.0. The Morgan fingerprint density at radius 3 is 2.41 bits per heavy atom. The highest BCUT2D eigenvalue weighted by atomic mass is 16.4. The van der Waals surface area contributed by atoms with Gasteiger partial charge in [-0.25, -0.2) is 0 Å². The number of fused-ring (bicyclic) bond motifs is 1. The van der Waals surface area contributed by atoms with Crippen LogP contribution in [0.4, 0.5) is 5.69 Å². The Morgan fingerprint density at radius 1 is 1.00 bits per heavy atom. The lowest BCUT2D eigenvalue weighted by Crippen LogP contribution is -2.33. The van der Waals surface area contributed by atoms with Crippen molar-refractivity contribution in [1.29, 1.82) is 0 Å². The molecule has 2 rings (SSSR count). The SMILES string of the molecule is CC(=O)NCCNC(=O)CCC(=O)Nc1ccc2c(ccn2CC(=O)O)c1. The molecular formula is C18H22N4O5. The fourth-order valence-corrected chi connectivity index (χ4v) is 2.54. The predicted octanol–water partition coefficient (Wildman–Crippen LogP) is 0.697. The van der Waals surface area contributed by atoms with Crippen LogP contribution in [0.1, 0.15) is 19.8 Å². The van der Waals surface area contributed by atoms with E-state index < -0.39 is 5.97 Å². The molecule has 0 fully saturated rings. The van der Waals surface area contributed by atoms with Crippen LogP contribution in [0.2, 0.25) is 0 Å². The Bertz CT molecular complexity index is 859. The van der Waals surface area contributed by atoms with E-state index in [1.165, 1.54) is 6.92 Å². The molecule has 0 aliphatic carbocycles. The quantitative estimate of drug-likeness (QED) is 0.480. The summed E-state index contributed by atoms with van der Waals surface area (Å²) in [6.45, 7) is 1.91. The van der Waals surface area contributed by atoms with Gasteiger partial charge in [-0.05, 0) is 24.3 Å². The molecule has 27 heavy (non-hydrogen) atoms. The largest absolute Gasteiger partial charge is 0.480 e. The number of carboxylic acids is 1. The van der Waals surface area contributed by atoms with Gasteiger partial charge in [-0.1, -0.05) is 0 Å². The molecule has 1 aromatic carbocycles. The van der Waals surface area contributed by atoms with Crippen LogP contribution >= 0.6 is 0 Å². The molecule has 3 amide bonds. The summed E-state index contributed by atoms with van der Waals surface area (Å²) in [5, 5.41) is 17.6. The van der Waals surface area contributed by atoms with E-state index in [1.54, 1.807) is 35.0 Å². The maximum Gasteiger partial charge on any atom is 0.323 e. The third-order valence-electron chi connectivity index (χ3n) is 3.76. The van der Waals surface area contributed by atoms with Gasteiger partial charge in [0.15, 0.2) is 0 Å². The Balaban J connectivity index is 1.80. The molecule has 0 saturated heterocycles. The minimum atomic E-state index is -0.930. The van der Waals surface area contributed by atoms with Crippen LogP contribution in [0.3, 0.4) is 0 Å². The Morgan fingerprint density at radius 2 is 1.70 bits per heavy atom. The lowest BCUT2D eigenvalue weighted by Gasteiger charge is -2.08. The zero-order valence-corrected chi connectivity index (χ0v) is 14.9. The summed E-state index contributed by atoms with van der Waals surface area (Å²) in [4.78, 5) is 45.2. The number of benzene rings is 1. The zero-order valence-electron chi connectivity index (χ0n) is 14.9. The van der Waals surface area contributed by atoms with Crippen molar-refractivity contribution in [1.82, 2.24) is 15.2 Å². The van der Waals surface area contributed by atoms with Gasteiger partial charge in [0.2, 0.25) is 17.7 Å². The number of rotatable bonds is 9. The number of aliphatic carboxylic acids is 1. The second kappa shape index (κ2) is 9.37. The number of nitrogens with one attached hydrogen (secondary N) is 3. The Hall–Kier alpha value is -3.36. The van der Waals surface area contributed by atoms with E-state index in [9.17, 15) is 19.2 Å². The number of carbonyl (C=O) groups is 4. The van der Waals surface area contributed by atoms with Gasteiger partial charge in [0.1, 0.15) is 6.54 Å². The van der Waals surface area contributed by atoms with E-state index in [1.807, 2.05) is 0 Å². The maximum atomic E-state index is 12.0. The number of carbonyl (C=O) groups excluding carboxylic acids is 3. The Kier molecular flexibility index (Phi) is 6.93. The molecule has 0 atom stereocenters. The highest BCUT2D eigenvalue weighted by molar-refractivity contribution is 5.95. The smallest absolute Gasteiger partial charge is 0.323 e. The predicted molar refractivity (Wildman–Crippen MR) is 99.1 cm³/mol. The topological polar surface area (TPSA) is 130 Å². The minimum absolute atomic E-state index is 0.0318. The second-order valence-electron chi connectivity index (χ2n) is 5.99. The lowest BCUT2D eigenvalue weighted by atomic mass is 10.2. The molecule has 0 spiro atoms. The molecule has 0 aliphatic rings. The summed E-state index contributed by atoms with van der Waals surface area (Å²) in [6.07, 6.45) is 1.75. The average Bonchev–Trinajstić information content (AvgIpc) is 2.98. The van der Waals surface area contributed by atoms with Gasteiger partial charge in [-0.15, -0.1) is 0 Å². The number of aromatic nitrogens is 1. The summed E-state index contributed by atoms with van der Waals surface area (Å²) in [7, 11) is 0. The van der Waals surface area contributed by atoms with Crippen molar-refractivity contribution in [2.24, 2.45) is 0 Å². The van der Waals surface area contributed by atoms with Crippen molar-refractivity contribution in [3.05, 3.63) is 30.5 Å². The summed E-state index contributed by atoms with van der Waals surface area (Å²) in [5.41, 5.74) is 1.33. The van der Waals surface area contributed by atoms with Gasteiger partial charge in [0, 0.05) is 55.6 Å². The number of hydrogen-bond acceptors (Lipinski definition) is 4. The van der Waals surface area contributed by atoms with Crippen LogP contribution in [0.15, 0.2) is 30.5 Å². The van der Waals surface area contributed by atoms with Gasteiger partial charge >= 0.3 is 5.97 Å². The molecule has 0 radical (unpaired) electrons. The van der Waals surface area contributed by atoms with Crippen LogP contribution in [-0.2, 0) is 25.7 Å². The van der Waals surface area contributed by atoms with Gasteiger partial charge in [0.05, 0.1) is 0 Å². The van der Waals surface area contributed by atoms with E-state index in [4.69, 9.17) is 5.11 Å². The molecule has 2 aromatic rings. The molecule has 0 saturated carbocycles. The normalized spacial score (nSPS) is 10.4. The number of hydrogen-bond donors (Lipinski definition) is 4. The monoisotopic (exact) mass is 374 g/mol. The molecule has 9 heteroatoms. The van der Waals surface area contributed by atoms with Crippen molar-refractivity contribution in [3.8, 4) is 0 Å². The molecule has 144 valence electrons. The van der Waals surface area contributed by atoms with Crippen LogP contribution in [0.5, 0.6) is 0 Å². The molecule has 0 bridgehead atoms. The van der Waals surface area contributed by atoms with E-state index in [-0.39, 0.29) is 37.1 Å². The van der Waals surface area contributed by atoms with E-state index in [0.717, 1.165) is 10.9 Å². The average molecular weight is 374 g/mol. The fraction of sp³-hybridized carbons (Fsp3) is 0.333. The molecule has 1 aromatic heterocycles. The fourth-order valence-electron chi connectivity index (χ4n) is 2.54. The lowest BCUT2D eigenvalue weighted by molar-refractivity contribution is -0.137. The zero-order chi connectivity index (χ0) is 19.8. The molecule has 1 heterocycles. The van der Waals surface area contributed by atoms with E-state index in [0.29, 0.717) is 18.8 Å². The van der Waals surface area contributed by atoms with Gasteiger partial charge in [0.25, 0.3) is 0 Å². The first-order valence-corrected chi connectivity index (χ1v) is 8.47. The second-order valence-corrected chi connectivity index (χ2v) is 5.99. The van der Waals surface area contributed by atoms with Crippen LogP contribution in [0, 0.1) is 0 Å². The van der Waals surface area contributed by atoms with Crippen molar-refractivity contribution >= 4 is 40.3 Å². The minimum Gasteiger partial charge on any atom is -0.480 e. The molecule has 9 nitrogen and oxygen atoms in total. The molecule has 0 unspecified atom stereocenters. The first kappa shape index (κ1) is 20.0. The molecule has 4 N–H and O–H groups in total. The van der Waals surface area contributed by atoms with E-state index in [2.05, 4.69) is 16.0 Å². The van der Waals surface area contributed by atoms with Gasteiger partial charge in [-0.3, -0.25) is 19.2 Å². The number of carboxylic acid groups (broad SMARTS) is 1. The number of nitrogens with zero attached hydrogens (tertiary/aromatic N) is 1. The van der Waals surface area contributed by atoms with Gasteiger partial charge in [-0.2, -0.15) is 0 Å². The molecule has 0 aliphatic heterocycles.